The van der Waals surface area contributed by atoms with Crippen LogP contribution in [0.15, 0.2) is 11.6 Å². The van der Waals surface area contributed by atoms with Crippen LogP contribution < -0.4 is 0 Å². The highest BCUT2D eigenvalue weighted by atomic mass is 16.5. The van der Waals surface area contributed by atoms with E-state index >= 15 is 0 Å². The lowest BCUT2D eigenvalue weighted by atomic mass is 9.31. The van der Waals surface area contributed by atoms with Crippen molar-refractivity contribution in [3.05, 3.63) is 11.6 Å². The number of carbonyl (C=O) groups excluding carboxylic acids is 2. The van der Waals surface area contributed by atoms with E-state index in [-0.39, 0.29) is 33.4 Å². The standard InChI is InChI=1S/C34H52O4/c1-9-37-25(35)18-21-19-31(6)23(30(4,5)27(21)36)12-13-33(8)24(31)11-10-22-26-28-29(2,3)14-16-34(26,20-38-28)17-15-32(22,33)7/h18,22-24,26,28H,9-17,19-20H2,1-8H3/b21-18+/t22-,23-,24-,26-,28-,31+,32-,33-,34-/m1/s1. The molecule has 0 radical (unpaired) electrons. The Balaban J connectivity index is 1.39. The van der Waals surface area contributed by atoms with Crippen molar-refractivity contribution in [2.45, 2.75) is 119 Å². The first-order valence-corrected chi connectivity index (χ1v) is 15.7. The van der Waals surface area contributed by atoms with Crippen LogP contribution in [0.25, 0.3) is 0 Å². The zero-order valence-electron chi connectivity index (χ0n) is 25.4. The Labute approximate surface area is 231 Å². The Morgan fingerprint density at radius 2 is 1.63 bits per heavy atom. The summed E-state index contributed by atoms with van der Waals surface area (Å²) >= 11 is 0. The number of rotatable bonds is 2. The number of hydrogen-bond donors (Lipinski definition) is 0. The Morgan fingerprint density at radius 1 is 0.921 bits per heavy atom. The maximum atomic E-state index is 13.7. The van der Waals surface area contributed by atoms with Crippen LogP contribution in [0.4, 0.5) is 0 Å². The van der Waals surface area contributed by atoms with Gasteiger partial charge >= 0.3 is 5.97 Å². The van der Waals surface area contributed by atoms with E-state index in [4.69, 9.17) is 9.47 Å². The zero-order chi connectivity index (χ0) is 27.5. The summed E-state index contributed by atoms with van der Waals surface area (Å²) in [6.45, 7) is 20.1. The van der Waals surface area contributed by atoms with Crippen molar-refractivity contribution in [1.29, 1.82) is 0 Å². The minimum absolute atomic E-state index is 0.00711. The van der Waals surface area contributed by atoms with Gasteiger partial charge in [0.2, 0.25) is 0 Å². The van der Waals surface area contributed by atoms with Crippen molar-refractivity contribution < 1.29 is 19.1 Å². The van der Waals surface area contributed by atoms with Crippen LogP contribution in [0.1, 0.15) is 113 Å². The maximum Gasteiger partial charge on any atom is 0.331 e. The minimum atomic E-state index is -0.457. The number of esters is 1. The second-order valence-corrected chi connectivity index (χ2v) is 16.4. The molecule has 5 aliphatic carbocycles. The Morgan fingerprint density at radius 3 is 2.34 bits per heavy atom. The lowest BCUT2D eigenvalue weighted by Crippen LogP contribution is -2.67. The molecule has 0 aromatic heterocycles. The smallest absolute Gasteiger partial charge is 0.331 e. The van der Waals surface area contributed by atoms with Gasteiger partial charge in [0.05, 0.1) is 19.3 Å². The molecule has 1 aliphatic heterocycles. The number of ketones is 1. The van der Waals surface area contributed by atoms with Gasteiger partial charge in [0.1, 0.15) is 0 Å². The van der Waals surface area contributed by atoms with Gasteiger partial charge in [-0.15, -0.1) is 0 Å². The fourth-order valence-corrected chi connectivity index (χ4v) is 12.3. The fraction of sp³-hybridized carbons (Fsp3) is 0.882. The molecule has 6 fully saturated rings. The second kappa shape index (κ2) is 8.20. The molecule has 38 heavy (non-hydrogen) atoms. The summed E-state index contributed by atoms with van der Waals surface area (Å²) in [5.41, 5.74) is 1.44. The van der Waals surface area contributed by atoms with Gasteiger partial charge in [0.25, 0.3) is 0 Å². The summed E-state index contributed by atoms with van der Waals surface area (Å²) in [7, 11) is 0. The van der Waals surface area contributed by atoms with Crippen molar-refractivity contribution in [2.75, 3.05) is 13.2 Å². The molecule has 6 aliphatic rings. The van der Waals surface area contributed by atoms with E-state index in [2.05, 4.69) is 48.5 Å². The molecule has 2 bridgehead atoms. The molecule has 0 spiro atoms. The van der Waals surface area contributed by atoms with Gasteiger partial charge in [0.15, 0.2) is 5.78 Å². The van der Waals surface area contributed by atoms with Crippen LogP contribution >= 0.6 is 0 Å². The third kappa shape index (κ3) is 3.25. The summed E-state index contributed by atoms with van der Waals surface area (Å²) in [5.74, 6) is 2.11. The average Bonchev–Trinajstić information content (AvgIpc) is 3.17. The van der Waals surface area contributed by atoms with E-state index in [9.17, 15) is 9.59 Å². The van der Waals surface area contributed by atoms with Crippen molar-refractivity contribution in [3.8, 4) is 0 Å². The highest BCUT2D eigenvalue weighted by Gasteiger charge is 2.73. The lowest BCUT2D eigenvalue weighted by molar-refractivity contribution is -0.236. The van der Waals surface area contributed by atoms with Crippen LogP contribution in [0.2, 0.25) is 0 Å². The molecule has 0 aromatic rings. The van der Waals surface area contributed by atoms with Crippen LogP contribution in [0.5, 0.6) is 0 Å². The van der Waals surface area contributed by atoms with Crippen LogP contribution in [0.3, 0.4) is 0 Å². The molecular formula is C34H52O4. The average molecular weight is 525 g/mol. The number of hydrogen-bond acceptors (Lipinski definition) is 4. The van der Waals surface area contributed by atoms with Gasteiger partial charge in [-0.25, -0.2) is 4.79 Å². The van der Waals surface area contributed by atoms with Gasteiger partial charge in [-0.3, -0.25) is 4.79 Å². The number of fused-ring (bicyclic) bond motifs is 5. The SMILES string of the molecule is CCOC(=O)/C=C1\C[C@@]2(C)[C@H](CC[C@]3(C)[C@@H]2CC[C@@H]2[C@@H]4[C@H]5OC[C@@]4(CCC5(C)C)CC[C@]23C)C(C)(C)C1=O. The molecule has 4 nitrogen and oxygen atoms in total. The van der Waals surface area contributed by atoms with Crippen molar-refractivity contribution in [2.24, 2.45) is 56.2 Å². The summed E-state index contributed by atoms with van der Waals surface area (Å²) in [5, 5.41) is 0. The summed E-state index contributed by atoms with van der Waals surface area (Å²) < 4.78 is 12.0. The van der Waals surface area contributed by atoms with E-state index in [1.165, 1.54) is 51.0 Å². The summed E-state index contributed by atoms with van der Waals surface area (Å²) in [6.07, 6.45) is 12.8. The predicted octanol–water partition coefficient (Wildman–Crippen LogP) is 7.55. The van der Waals surface area contributed by atoms with E-state index < -0.39 is 5.41 Å². The lowest BCUT2D eigenvalue weighted by Gasteiger charge is -2.73. The summed E-state index contributed by atoms with van der Waals surface area (Å²) in [4.78, 5) is 26.2. The number of allylic oxidation sites excluding steroid dienone is 1. The quantitative estimate of drug-likeness (QED) is 0.276. The normalized spacial score (nSPS) is 51.4. The summed E-state index contributed by atoms with van der Waals surface area (Å²) in [6, 6.07) is 0. The molecule has 0 unspecified atom stereocenters. The van der Waals surface area contributed by atoms with Gasteiger partial charge in [-0.05, 0) is 115 Å². The number of carbonyl (C=O) groups is 2. The Kier molecular flexibility index (Phi) is 5.83. The molecule has 5 saturated carbocycles. The van der Waals surface area contributed by atoms with E-state index in [1.807, 2.05) is 6.92 Å². The van der Waals surface area contributed by atoms with Gasteiger partial charge in [0, 0.05) is 17.1 Å². The van der Waals surface area contributed by atoms with Crippen molar-refractivity contribution >= 4 is 11.8 Å². The molecule has 9 atom stereocenters. The maximum absolute atomic E-state index is 13.7. The Bertz CT molecular complexity index is 1070. The first-order chi connectivity index (χ1) is 17.7. The molecule has 6 rings (SSSR count). The molecule has 0 aromatic carbocycles. The molecule has 0 N–H and O–H groups in total. The number of ether oxygens (including phenoxy) is 2. The van der Waals surface area contributed by atoms with Crippen molar-refractivity contribution in [3.63, 3.8) is 0 Å². The predicted molar refractivity (Wildman–Crippen MR) is 149 cm³/mol. The van der Waals surface area contributed by atoms with Gasteiger partial charge < -0.3 is 9.47 Å². The van der Waals surface area contributed by atoms with Crippen molar-refractivity contribution in [1.82, 2.24) is 0 Å². The highest BCUT2D eigenvalue weighted by molar-refractivity contribution is 6.04. The van der Waals surface area contributed by atoms with E-state index in [0.717, 1.165) is 18.9 Å². The molecular weight excluding hydrogens is 472 g/mol. The highest BCUT2D eigenvalue weighted by Crippen LogP contribution is 2.78. The van der Waals surface area contributed by atoms with Crippen LogP contribution in [-0.4, -0.2) is 31.1 Å². The zero-order valence-corrected chi connectivity index (χ0v) is 25.4. The Hall–Kier alpha value is -1.16. The molecule has 212 valence electrons. The van der Waals surface area contributed by atoms with E-state index in [1.54, 1.807) is 0 Å². The third-order valence-electron chi connectivity index (χ3n) is 14.3. The third-order valence-corrected chi connectivity index (χ3v) is 14.3. The van der Waals surface area contributed by atoms with E-state index in [0.29, 0.717) is 47.9 Å². The molecule has 1 saturated heterocycles. The first kappa shape index (κ1) is 27.0. The topological polar surface area (TPSA) is 52.6 Å². The molecule has 0 amide bonds. The monoisotopic (exact) mass is 524 g/mol. The van der Waals surface area contributed by atoms with Gasteiger partial charge in [-0.1, -0.05) is 48.5 Å². The second-order valence-electron chi connectivity index (χ2n) is 16.4. The molecule has 1 heterocycles. The first-order valence-electron chi connectivity index (χ1n) is 15.7. The van der Waals surface area contributed by atoms with Crippen LogP contribution in [0, 0.1) is 56.2 Å². The molecule has 4 heteroatoms. The largest absolute Gasteiger partial charge is 0.463 e. The van der Waals surface area contributed by atoms with Crippen LogP contribution in [-0.2, 0) is 19.1 Å². The van der Waals surface area contributed by atoms with Gasteiger partial charge in [-0.2, -0.15) is 0 Å². The number of Topliss-reactive ketones (excluding diaryl/α,β-unsaturated/α-hetero) is 1. The fourth-order valence-electron chi connectivity index (χ4n) is 12.3. The minimum Gasteiger partial charge on any atom is -0.463 e.